The Morgan fingerprint density at radius 1 is 1.19 bits per heavy atom. The number of benzene rings is 1. The molecule has 1 aliphatic carbocycles. The van der Waals surface area contributed by atoms with Gasteiger partial charge in [0.05, 0.1) is 0 Å². The number of rotatable bonds is 1. The van der Waals surface area contributed by atoms with Crippen LogP contribution in [0.1, 0.15) is 42.7 Å². The topological polar surface area (TPSA) is 12.0 Å². The zero-order valence-electron chi connectivity index (χ0n) is 9.51. The van der Waals surface area contributed by atoms with Gasteiger partial charge in [-0.05, 0) is 47.9 Å². The summed E-state index contributed by atoms with van der Waals surface area (Å²) < 4.78 is 0. The van der Waals surface area contributed by atoms with E-state index in [9.17, 15) is 0 Å². The van der Waals surface area contributed by atoms with Gasteiger partial charge in [0.15, 0.2) is 0 Å². The fourth-order valence-electron chi connectivity index (χ4n) is 3.34. The van der Waals surface area contributed by atoms with Gasteiger partial charge in [-0.3, -0.25) is 0 Å². The summed E-state index contributed by atoms with van der Waals surface area (Å²) in [6.07, 6.45) is 5.66. The predicted molar refractivity (Wildman–Crippen MR) is 67.9 cm³/mol. The molecular weight excluding hydrogens is 218 g/mol. The second-order valence-electron chi connectivity index (χ2n) is 5.13. The normalized spacial score (nSPS) is 25.7. The fourth-order valence-corrected chi connectivity index (χ4v) is 3.54. The lowest BCUT2D eigenvalue weighted by molar-refractivity contribution is 0.391. The van der Waals surface area contributed by atoms with Crippen LogP contribution in [-0.4, -0.2) is 6.54 Å². The molecule has 0 amide bonds. The maximum atomic E-state index is 6.06. The van der Waals surface area contributed by atoms with Crippen LogP contribution >= 0.6 is 11.6 Å². The quantitative estimate of drug-likeness (QED) is 0.783. The lowest BCUT2D eigenvalue weighted by Crippen LogP contribution is -2.31. The minimum atomic E-state index is 0.725. The summed E-state index contributed by atoms with van der Waals surface area (Å²) in [6.45, 7) is 2.14. The Morgan fingerprint density at radius 2 is 2.00 bits per heavy atom. The minimum absolute atomic E-state index is 0.725. The highest BCUT2D eigenvalue weighted by atomic mass is 35.5. The zero-order valence-corrected chi connectivity index (χ0v) is 10.3. The Labute approximate surface area is 102 Å². The lowest BCUT2D eigenvalue weighted by atomic mass is 9.80. The number of nitrogens with one attached hydrogen (secondary N) is 1. The van der Waals surface area contributed by atoms with Crippen LogP contribution in [0.3, 0.4) is 0 Å². The Bertz CT molecular complexity index is 382. The van der Waals surface area contributed by atoms with E-state index < -0.39 is 0 Å². The molecule has 1 atom stereocenters. The third-order valence-electron chi connectivity index (χ3n) is 4.15. The van der Waals surface area contributed by atoms with Crippen LogP contribution in [0.5, 0.6) is 0 Å². The van der Waals surface area contributed by atoms with Gasteiger partial charge in [0, 0.05) is 18.1 Å². The van der Waals surface area contributed by atoms with Crippen molar-refractivity contribution < 1.29 is 0 Å². The van der Waals surface area contributed by atoms with Crippen LogP contribution < -0.4 is 5.32 Å². The first-order chi connectivity index (χ1) is 7.84. The molecule has 0 bridgehead atoms. The summed E-state index contributed by atoms with van der Waals surface area (Å²) in [5.41, 5.74) is 2.96. The molecule has 0 radical (unpaired) electrons. The van der Waals surface area contributed by atoms with Gasteiger partial charge in [0.2, 0.25) is 0 Å². The van der Waals surface area contributed by atoms with Crippen molar-refractivity contribution in [1.82, 2.24) is 5.32 Å². The molecule has 1 saturated carbocycles. The molecule has 0 aromatic heterocycles. The molecule has 2 heteroatoms. The Balaban J connectivity index is 1.93. The van der Waals surface area contributed by atoms with E-state index in [0.717, 1.165) is 29.9 Å². The van der Waals surface area contributed by atoms with Gasteiger partial charge in [-0.1, -0.05) is 30.5 Å². The number of fused-ring (bicyclic) bond motifs is 1. The second kappa shape index (κ2) is 4.38. The molecule has 0 spiro atoms. The number of hydrogen-bond acceptors (Lipinski definition) is 1. The first kappa shape index (κ1) is 10.6. The third kappa shape index (κ3) is 1.87. The molecule has 2 aliphatic rings. The molecule has 1 unspecified atom stereocenters. The summed E-state index contributed by atoms with van der Waals surface area (Å²) in [6, 6.07) is 6.43. The smallest absolute Gasteiger partial charge is 0.0409 e. The molecule has 0 saturated heterocycles. The Morgan fingerprint density at radius 3 is 2.81 bits per heavy atom. The molecule has 1 N–H and O–H groups in total. The largest absolute Gasteiger partial charge is 0.312 e. The van der Waals surface area contributed by atoms with E-state index in [0.29, 0.717) is 0 Å². The van der Waals surface area contributed by atoms with Gasteiger partial charge in [-0.15, -0.1) is 0 Å². The van der Waals surface area contributed by atoms with Gasteiger partial charge in [-0.2, -0.15) is 0 Å². The molecule has 86 valence electrons. The maximum Gasteiger partial charge on any atom is 0.0409 e. The van der Waals surface area contributed by atoms with Gasteiger partial charge in [0.1, 0.15) is 0 Å². The van der Waals surface area contributed by atoms with Gasteiger partial charge >= 0.3 is 0 Å². The highest BCUT2D eigenvalue weighted by Gasteiger charge is 2.29. The monoisotopic (exact) mass is 235 g/mol. The fraction of sp³-hybridized carbons (Fsp3) is 0.571. The van der Waals surface area contributed by atoms with Crippen LogP contribution in [0.15, 0.2) is 18.2 Å². The number of halogens is 1. The summed E-state index contributed by atoms with van der Waals surface area (Å²) in [4.78, 5) is 0. The minimum Gasteiger partial charge on any atom is -0.312 e. The van der Waals surface area contributed by atoms with Crippen molar-refractivity contribution in [1.29, 1.82) is 0 Å². The SMILES string of the molecule is Clc1ccc2c(c1)CNCC2C1CCCC1. The molecular formula is C14H18ClN. The van der Waals surface area contributed by atoms with Crippen LogP contribution in [0.2, 0.25) is 5.02 Å². The third-order valence-corrected chi connectivity index (χ3v) is 4.39. The van der Waals surface area contributed by atoms with Crippen molar-refractivity contribution in [3.8, 4) is 0 Å². The molecule has 16 heavy (non-hydrogen) atoms. The van der Waals surface area contributed by atoms with E-state index in [2.05, 4.69) is 17.4 Å². The Kier molecular flexibility index (Phi) is 2.91. The average Bonchev–Trinajstić information content (AvgIpc) is 2.81. The van der Waals surface area contributed by atoms with Crippen LogP contribution in [0, 0.1) is 5.92 Å². The standard InChI is InChI=1S/C14H18ClN/c15-12-5-6-13-11(7-12)8-16-9-14(13)10-3-1-2-4-10/h5-7,10,14,16H,1-4,8-9H2. The van der Waals surface area contributed by atoms with E-state index in [1.54, 1.807) is 5.56 Å². The van der Waals surface area contributed by atoms with Crippen LogP contribution in [0.25, 0.3) is 0 Å². The lowest BCUT2D eigenvalue weighted by Gasteiger charge is -2.31. The predicted octanol–water partition coefficient (Wildman–Crippen LogP) is 3.72. The molecule has 1 aliphatic heterocycles. The molecule has 1 aromatic rings. The van der Waals surface area contributed by atoms with E-state index in [1.807, 2.05) is 6.07 Å². The zero-order chi connectivity index (χ0) is 11.0. The van der Waals surface area contributed by atoms with Crippen molar-refractivity contribution >= 4 is 11.6 Å². The van der Waals surface area contributed by atoms with Crippen molar-refractivity contribution in [2.24, 2.45) is 5.92 Å². The average molecular weight is 236 g/mol. The van der Waals surface area contributed by atoms with E-state index in [4.69, 9.17) is 11.6 Å². The highest BCUT2D eigenvalue weighted by molar-refractivity contribution is 6.30. The van der Waals surface area contributed by atoms with E-state index in [-0.39, 0.29) is 0 Å². The summed E-state index contributed by atoms with van der Waals surface area (Å²) >= 11 is 6.06. The molecule has 1 heterocycles. The molecule has 3 rings (SSSR count). The summed E-state index contributed by atoms with van der Waals surface area (Å²) in [5.74, 6) is 1.62. The van der Waals surface area contributed by atoms with Crippen LogP contribution in [-0.2, 0) is 6.54 Å². The van der Waals surface area contributed by atoms with Gasteiger partial charge < -0.3 is 5.32 Å². The molecule has 1 aromatic carbocycles. The van der Waals surface area contributed by atoms with E-state index >= 15 is 0 Å². The van der Waals surface area contributed by atoms with Crippen molar-refractivity contribution in [3.05, 3.63) is 34.3 Å². The van der Waals surface area contributed by atoms with E-state index in [1.165, 1.54) is 31.2 Å². The first-order valence-corrected chi connectivity index (χ1v) is 6.71. The first-order valence-electron chi connectivity index (χ1n) is 6.33. The van der Waals surface area contributed by atoms with Crippen molar-refractivity contribution in [2.45, 2.75) is 38.1 Å². The second-order valence-corrected chi connectivity index (χ2v) is 5.56. The molecule has 1 nitrogen and oxygen atoms in total. The highest BCUT2D eigenvalue weighted by Crippen LogP contribution is 2.40. The van der Waals surface area contributed by atoms with Crippen molar-refractivity contribution in [2.75, 3.05) is 6.54 Å². The van der Waals surface area contributed by atoms with Gasteiger partial charge in [0.25, 0.3) is 0 Å². The summed E-state index contributed by atoms with van der Waals surface area (Å²) in [5, 5.41) is 4.40. The summed E-state index contributed by atoms with van der Waals surface area (Å²) in [7, 11) is 0. The molecule has 1 fully saturated rings. The Hall–Kier alpha value is -0.530. The van der Waals surface area contributed by atoms with Crippen LogP contribution in [0.4, 0.5) is 0 Å². The number of hydrogen-bond donors (Lipinski definition) is 1. The van der Waals surface area contributed by atoms with Gasteiger partial charge in [-0.25, -0.2) is 0 Å². The van der Waals surface area contributed by atoms with Crippen molar-refractivity contribution in [3.63, 3.8) is 0 Å². The maximum absolute atomic E-state index is 6.06.